The number of carbonyl (C=O) groups is 14. The van der Waals surface area contributed by atoms with Crippen LogP contribution in [0.1, 0.15) is 91.2 Å². The number of amides is 11. The van der Waals surface area contributed by atoms with Crippen molar-refractivity contribution in [1.82, 2.24) is 52.0 Å². The van der Waals surface area contributed by atoms with Gasteiger partial charge in [0.25, 0.3) is 11.8 Å². The number of ketones is 3. The third-order valence-corrected chi connectivity index (χ3v) is 17.9. The standard InChI is InChI=1S/C63H81N11O17S/c1-31(2)55(70-49(81)17-18-73-53(85)15-16-54(73)86)46(78)19-33(5)58(87)67-38-13-11-35(12-14-38)25-64-50(82)23-37-22-45(77)43-30-92-62-41(40-9-7-8-10-42(40)69-62)20-36(59(88)65-27-52(84)71-56(32(3)4)61(90)66-26-51(83)68-43)21-47(79)57(34(6)48(80)29-75)72-60(89)44-24-39(76)28-74(44)63(37)91/h7-16,31-34,36-37,39,43-44,48,55-57,69,75-76,80H,17-30H2,1-6H3,(H,64,82)(H,65,88)(H,66,90)(H,67,87)(H,68,83)(H,70,81)(H,71,84)(H,72,89)/t33-,34+,36-,37+,39-,43+,44+,48+,55?,56+,57+/m1/s1. The van der Waals surface area contributed by atoms with Crippen LogP contribution >= 0.6 is 11.8 Å². The van der Waals surface area contributed by atoms with Crippen molar-refractivity contribution < 1.29 is 82.4 Å². The van der Waals surface area contributed by atoms with Crippen LogP contribution in [-0.4, -0.2) is 193 Å². The molecule has 1 unspecified atom stereocenters. The number of hydrogen-bond acceptors (Lipinski definition) is 18. The lowest BCUT2D eigenvalue weighted by Gasteiger charge is -2.32. The van der Waals surface area contributed by atoms with Gasteiger partial charge >= 0.3 is 0 Å². The van der Waals surface area contributed by atoms with E-state index in [9.17, 15) is 77.6 Å². The lowest BCUT2D eigenvalue weighted by atomic mass is 9.85. The fourth-order valence-corrected chi connectivity index (χ4v) is 12.5. The van der Waals surface area contributed by atoms with Crippen molar-refractivity contribution in [3.05, 3.63) is 71.8 Å². The number of thioether (sulfide) groups is 1. The molecule has 2 bridgehead atoms. The van der Waals surface area contributed by atoms with Gasteiger partial charge in [0.2, 0.25) is 53.2 Å². The molecule has 29 heteroatoms. The van der Waals surface area contributed by atoms with E-state index in [0.29, 0.717) is 32.7 Å². The quantitative estimate of drug-likeness (QED) is 0.0678. The number of hydrogen-bond donors (Lipinski definition) is 12. The molecule has 496 valence electrons. The Labute approximate surface area is 534 Å². The van der Waals surface area contributed by atoms with Gasteiger partial charge in [-0.15, -0.1) is 11.8 Å². The Kier molecular flexibility index (Phi) is 24.7. The molecule has 92 heavy (non-hydrogen) atoms. The maximum atomic E-state index is 15.1. The van der Waals surface area contributed by atoms with Crippen molar-refractivity contribution in [2.24, 2.45) is 35.5 Å². The minimum absolute atomic E-state index is 0.144. The lowest BCUT2D eigenvalue weighted by molar-refractivity contribution is -0.145. The average molecular weight is 1300 g/mol. The zero-order chi connectivity index (χ0) is 67.2. The molecule has 12 N–H and O–H groups in total. The van der Waals surface area contributed by atoms with Crippen LogP contribution in [-0.2, 0) is 80.1 Å². The van der Waals surface area contributed by atoms with E-state index in [1.165, 1.54) is 13.8 Å². The molecule has 4 aliphatic heterocycles. The first-order valence-electron chi connectivity index (χ1n) is 30.6. The Morgan fingerprint density at radius 2 is 1.41 bits per heavy atom. The number of aromatic amines is 1. The number of nitrogens with one attached hydrogen (secondary N) is 9. The zero-order valence-electron chi connectivity index (χ0n) is 52.0. The van der Waals surface area contributed by atoms with Crippen molar-refractivity contribution in [2.45, 2.75) is 140 Å². The summed E-state index contributed by atoms with van der Waals surface area (Å²) in [5.74, 6) is -16.1. The fourth-order valence-electron chi connectivity index (χ4n) is 11.4. The van der Waals surface area contributed by atoms with E-state index in [1.54, 1.807) is 76.2 Å². The van der Waals surface area contributed by atoms with Crippen LogP contribution in [0.2, 0.25) is 0 Å². The summed E-state index contributed by atoms with van der Waals surface area (Å²) in [6.07, 6.45) is -3.81. The molecule has 7 rings (SSSR count). The van der Waals surface area contributed by atoms with Crippen molar-refractivity contribution in [2.75, 3.05) is 43.9 Å². The molecule has 0 radical (unpaired) electrons. The van der Waals surface area contributed by atoms with Gasteiger partial charge in [0, 0.05) is 110 Å². The number of carbonyl (C=O) groups excluding carboxylic acids is 14. The first kappa shape index (κ1) is 70.8. The summed E-state index contributed by atoms with van der Waals surface area (Å²) >= 11 is 1.06. The fraction of sp³-hybridized carbons (Fsp3) is 0.524. The van der Waals surface area contributed by atoms with Gasteiger partial charge in [-0.25, -0.2) is 0 Å². The first-order valence-corrected chi connectivity index (χ1v) is 31.6. The maximum Gasteiger partial charge on any atom is 0.253 e. The number of nitrogens with zero attached hydrogens (tertiary/aromatic N) is 2. The molecule has 0 saturated carbocycles. The van der Waals surface area contributed by atoms with Crippen LogP contribution in [0.15, 0.2) is 65.7 Å². The second-order valence-corrected chi connectivity index (χ2v) is 25.5. The van der Waals surface area contributed by atoms with Gasteiger partial charge in [-0.05, 0) is 47.6 Å². The van der Waals surface area contributed by atoms with E-state index >= 15 is 4.79 Å². The second kappa shape index (κ2) is 32.1. The summed E-state index contributed by atoms with van der Waals surface area (Å²) in [6, 6.07) is 6.46. The molecule has 11 atom stereocenters. The Balaban J connectivity index is 1.13. The second-order valence-electron chi connectivity index (χ2n) is 24.5. The summed E-state index contributed by atoms with van der Waals surface area (Å²) in [4.78, 5) is 198. The molecule has 0 spiro atoms. The van der Waals surface area contributed by atoms with Crippen molar-refractivity contribution in [3.63, 3.8) is 0 Å². The molecular formula is C63H81N11O17S. The van der Waals surface area contributed by atoms with E-state index in [4.69, 9.17) is 0 Å². The van der Waals surface area contributed by atoms with E-state index in [1.807, 2.05) is 0 Å². The molecule has 4 aliphatic rings. The maximum absolute atomic E-state index is 15.1. The van der Waals surface area contributed by atoms with Crippen LogP contribution in [0.4, 0.5) is 5.69 Å². The molecule has 11 amide bonds. The number of Topliss-reactive ketones (excluding diaryl/α,β-unsaturated/α-hetero) is 3. The van der Waals surface area contributed by atoms with Gasteiger partial charge in [-0.2, -0.15) is 0 Å². The zero-order valence-corrected chi connectivity index (χ0v) is 52.9. The number of anilines is 1. The van der Waals surface area contributed by atoms with E-state index < -0.39 is 200 Å². The van der Waals surface area contributed by atoms with Crippen LogP contribution in [0, 0.1) is 35.5 Å². The number of para-hydroxylation sites is 1. The summed E-state index contributed by atoms with van der Waals surface area (Å²) in [6.45, 7) is 6.66. The van der Waals surface area contributed by atoms with Crippen LogP contribution in [0.3, 0.4) is 0 Å². The van der Waals surface area contributed by atoms with Gasteiger partial charge in [0.05, 0.1) is 61.0 Å². The third-order valence-electron chi connectivity index (χ3n) is 16.8. The van der Waals surface area contributed by atoms with Crippen LogP contribution < -0.4 is 42.5 Å². The molecule has 1 saturated heterocycles. The lowest BCUT2D eigenvalue weighted by Crippen LogP contribution is -2.56. The number of aliphatic hydroxyl groups excluding tert-OH is 3. The average Bonchev–Trinajstić information content (AvgIpc) is 1.65. The highest BCUT2D eigenvalue weighted by Crippen LogP contribution is 2.35. The normalized spacial score (nSPS) is 23.8. The minimum Gasteiger partial charge on any atom is -0.394 e. The van der Waals surface area contributed by atoms with Crippen molar-refractivity contribution >= 4 is 111 Å². The van der Waals surface area contributed by atoms with Gasteiger partial charge < -0.3 is 67.7 Å². The van der Waals surface area contributed by atoms with E-state index in [0.717, 1.165) is 33.7 Å². The van der Waals surface area contributed by atoms with Crippen LogP contribution in [0.25, 0.3) is 10.9 Å². The Morgan fingerprint density at radius 1 is 0.750 bits per heavy atom. The highest BCUT2D eigenvalue weighted by Gasteiger charge is 2.45. The first-order chi connectivity index (χ1) is 43.6. The highest BCUT2D eigenvalue weighted by molar-refractivity contribution is 7.99. The number of aliphatic hydroxyl groups is 3. The van der Waals surface area contributed by atoms with Gasteiger partial charge in [0.1, 0.15) is 12.1 Å². The third kappa shape index (κ3) is 18.5. The molecular weight excluding hydrogens is 1210 g/mol. The number of fused-ring (bicyclic) bond motifs is 5. The monoisotopic (exact) mass is 1300 g/mol. The number of imide groups is 1. The predicted octanol–water partition coefficient (Wildman–Crippen LogP) is -1.03. The summed E-state index contributed by atoms with van der Waals surface area (Å²) in [5.41, 5.74) is 1.91. The van der Waals surface area contributed by atoms with E-state index in [-0.39, 0.29) is 50.4 Å². The Morgan fingerprint density at radius 3 is 2.08 bits per heavy atom. The number of H-pyrrole nitrogens is 1. The highest BCUT2D eigenvalue weighted by atomic mass is 32.2. The topological polar surface area (TPSA) is 418 Å². The number of aromatic nitrogens is 1. The van der Waals surface area contributed by atoms with Crippen molar-refractivity contribution in [1.29, 1.82) is 0 Å². The molecule has 1 aromatic heterocycles. The number of rotatable bonds is 18. The molecule has 5 heterocycles. The SMILES string of the molecule is CC(C)C(NC(=O)CCN1C(=O)C=CC1=O)C(=O)C[C@@H](C)C(=O)Nc1ccc(CNC(=O)C[C@@H]2CC(=O)[C@@H]3CSc4[nH]c5ccccc5c4C[C@H](CC(=O)[C@H]([C@@H](C)[C@@H](O)CO)NC(=O)[C@@H]4C[C@@H](O)CN4C2=O)C(=O)NCC(=O)N[C@@H](C(C)C)C(=O)NCC(=O)N3)cc1. The van der Waals surface area contributed by atoms with E-state index in [2.05, 4.69) is 47.5 Å². The molecule has 3 aromatic rings. The largest absolute Gasteiger partial charge is 0.394 e. The van der Waals surface area contributed by atoms with Gasteiger partial charge in [0.15, 0.2) is 17.3 Å². The smallest absolute Gasteiger partial charge is 0.253 e. The van der Waals surface area contributed by atoms with Crippen molar-refractivity contribution in [3.8, 4) is 0 Å². The minimum atomic E-state index is -1.63. The molecule has 28 nitrogen and oxygen atoms in total. The summed E-state index contributed by atoms with van der Waals surface area (Å²) in [7, 11) is 0. The molecule has 0 aliphatic carbocycles. The molecule has 1 fully saturated rings. The number of benzene rings is 2. The Hall–Kier alpha value is -8.67. The predicted molar refractivity (Wildman–Crippen MR) is 332 cm³/mol. The van der Waals surface area contributed by atoms with Gasteiger partial charge in [-0.3, -0.25) is 72.0 Å². The van der Waals surface area contributed by atoms with Gasteiger partial charge in [-0.1, -0.05) is 71.9 Å². The summed E-state index contributed by atoms with van der Waals surface area (Å²) < 4.78 is 0. The Bertz CT molecular complexity index is 3350. The van der Waals surface area contributed by atoms with Crippen LogP contribution in [0.5, 0.6) is 0 Å². The molecule has 2 aromatic carbocycles. The summed E-state index contributed by atoms with van der Waals surface area (Å²) in [5, 5.41) is 54.3.